The fraction of sp³-hybridized carbons (Fsp3) is 0. The average molecular weight is 323 g/mol. The summed E-state index contributed by atoms with van der Waals surface area (Å²) in [6.45, 7) is 0. The first-order valence-electron chi connectivity index (χ1n) is 2.13. The Bertz CT molecular complexity index is 138. The molecular formula is C6H6BiCl. The van der Waals surface area contributed by atoms with Crippen LogP contribution in [0.3, 0.4) is 0 Å². The van der Waals surface area contributed by atoms with Crippen LogP contribution in [0.5, 0.6) is 0 Å². The van der Waals surface area contributed by atoms with Crippen molar-refractivity contribution in [2.75, 3.05) is 0 Å². The molecule has 0 saturated heterocycles. The van der Waals surface area contributed by atoms with Crippen molar-refractivity contribution < 1.29 is 0 Å². The van der Waals surface area contributed by atoms with Crippen LogP contribution < -0.4 is 3.27 Å². The Morgan fingerprint density at radius 3 is 1.75 bits per heavy atom. The van der Waals surface area contributed by atoms with Gasteiger partial charge in [0.25, 0.3) is 0 Å². The van der Waals surface area contributed by atoms with Gasteiger partial charge in [0.15, 0.2) is 0 Å². The van der Waals surface area contributed by atoms with Crippen LogP contribution in [0.15, 0.2) is 30.3 Å². The van der Waals surface area contributed by atoms with Crippen molar-refractivity contribution in [2.24, 2.45) is 0 Å². The van der Waals surface area contributed by atoms with Gasteiger partial charge >= 0.3 is 58.3 Å². The van der Waals surface area contributed by atoms with Crippen molar-refractivity contribution in [3.63, 3.8) is 0 Å². The molecule has 2 radical (unpaired) electrons. The standard InChI is InChI=1S/C6H5.Bi.ClH/c1-2-4-6-5-3-1;;/h1-5H;;1H. The van der Waals surface area contributed by atoms with Crippen molar-refractivity contribution in [1.82, 2.24) is 0 Å². The summed E-state index contributed by atoms with van der Waals surface area (Å²) in [4.78, 5) is 0. The summed E-state index contributed by atoms with van der Waals surface area (Å²) in [5.41, 5.74) is 0. The number of halogens is 1. The Morgan fingerprint density at radius 2 is 1.50 bits per heavy atom. The summed E-state index contributed by atoms with van der Waals surface area (Å²) < 4.78 is 1.43. The zero-order chi connectivity index (χ0) is 5.11. The summed E-state index contributed by atoms with van der Waals surface area (Å²) in [7, 11) is 0. The molecule has 0 nitrogen and oxygen atoms in total. The van der Waals surface area contributed by atoms with Crippen LogP contribution in [0.2, 0.25) is 0 Å². The molecule has 0 bridgehead atoms. The molecule has 0 atom stereocenters. The van der Waals surface area contributed by atoms with E-state index in [0.29, 0.717) is 0 Å². The van der Waals surface area contributed by atoms with Crippen LogP contribution in [0.1, 0.15) is 0 Å². The van der Waals surface area contributed by atoms with E-state index < -0.39 is 0 Å². The molecule has 8 heavy (non-hydrogen) atoms. The summed E-state index contributed by atoms with van der Waals surface area (Å²) >= 11 is 1.36. The predicted molar refractivity (Wildman–Crippen MR) is 39.1 cm³/mol. The van der Waals surface area contributed by atoms with Gasteiger partial charge in [-0.1, -0.05) is 0 Å². The van der Waals surface area contributed by atoms with Crippen LogP contribution in [0, 0.1) is 0 Å². The maximum absolute atomic E-state index is 2.13. The molecule has 0 aromatic heterocycles. The third-order valence-electron chi connectivity index (χ3n) is 0.756. The Labute approximate surface area is 70.6 Å². The van der Waals surface area contributed by atoms with Gasteiger partial charge in [-0.3, -0.25) is 0 Å². The molecule has 0 saturated carbocycles. The third-order valence-corrected chi connectivity index (χ3v) is 1.92. The SMILES string of the molecule is Cl.[Bi][c]1ccccc1. The second-order valence-electron chi connectivity index (χ2n) is 1.34. The maximum atomic E-state index is 2.13. The van der Waals surface area contributed by atoms with E-state index in [1.165, 1.54) is 28.0 Å². The third kappa shape index (κ3) is 2.64. The minimum absolute atomic E-state index is 0. The average Bonchev–Trinajstić information content (AvgIpc) is 1.69. The fourth-order valence-corrected chi connectivity index (χ4v) is 1.10. The molecule has 0 amide bonds. The van der Waals surface area contributed by atoms with E-state index >= 15 is 0 Å². The predicted octanol–water partition coefficient (Wildman–Crippen LogP) is 0.902. The van der Waals surface area contributed by atoms with Crippen molar-refractivity contribution >= 4 is 40.4 Å². The molecule has 2 heteroatoms. The van der Waals surface area contributed by atoms with E-state index in [1.807, 2.05) is 6.07 Å². The van der Waals surface area contributed by atoms with Crippen molar-refractivity contribution in [1.29, 1.82) is 0 Å². The number of hydrogen-bond donors (Lipinski definition) is 0. The molecule has 0 aliphatic rings. The molecule has 0 fully saturated rings. The molecule has 0 heterocycles. The van der Waals surface area contributed by atoms with Gasteiger partial charge in [0.1, 0.15) is 0 Å². The van der Waals surface area contributed by atoms with Crippen LogP contribution in [-0.2, 0) is 0 Å². The van der Waals surface area contributed by atoms with Gasteiger partial charge in [-0.05, 0) is 0 Å². The fourth-order valence-electron chi connectivity index (χ4n) is 0.428. The van der Waals surface area contributed by atoms with Crippen LogP contribution in [0.4, 0.5) is 0 Å². The molecular weight excluding hydrogens is 316 g/mol. The molecule has 1 rings (SSSR count). The van der Waals surface area contributed by atoms with Crippen molar-refractivity contribution in [3.05, 3.63) is 30.3 Å². The van der Waals surface area contributed by atoms with E-state index in [1.54, 1.807) is 0 Å². The number of benzene rings is 1. The van der Waals surface area contributed by atoms with E-state index in [4.69, 9.17) is 0 Å². The topological polar surface area (TPSA) is 0 Å². The van der Waals surface area contributed by atoms with E-state index in [0.717, 1.165) is 0 Å². The van der Waals surface area contributed by atoms with Gasteiger partial charge in [0.05, 0.1) is 0 Å². The second-order valence-corrected chi connectivity index (χ2v) is 3.34. The molecule has 1 aromatic carbocycles. The number of hydrogen-bond acceptors (Lipinski definition) is 0. The minimum atomic E-state index is 0. The molecule has 0 aliphatic carbocycles. The summed E-state index contributed by atoms with van der Waals surface area (Å²) in [6.07, 6.45) is 0. The molecule has 0 unspecified atom stereocenters. The zero-order valence-electron chi connectivity index (χ0n) is 4.24. The Hall–Kier alpha value is 0.393. The first kappa shape index (κ1) is 8.39. The Morgan fingerprint density at radius 1 is 1.00 bits per heavy atom. The second kappa shape index (κ2) is 4.29. The van der Waals surface area contributed by atoms with E-state index in [-0.39, 0.29) is 12.4 Å². The van der Waals surface area contributed by atoms with Crippen molar-refractivity contribution in [3.8, 4) is 0 Å². The van der Waals surface area contributed by atoms with Crippen molar-refractivity contribution in [2.45, 2.75) is 0 Å². The van der Waals surface area contributed by atoms with E-state index in [9.17, 15) is 0 Å². The van der Waals surface area contributed by atoms with E-state index in [2.05, 4.69) is 24.3 Å². The normalized spacial score (nSPS) is 7.62. The Balaban J connectivity index is 0.000000490. The quantitative estimate of drug-likeness (QED) is 0.623. The first-order chi connectivity index (χ1) is 3.39. The molecule has 0 aliphatic heterocycles. The monoisotopic (exact) mass is 322 g/mol. The number of rotatable bonds is 0. The Kier molecular flexibility index (Phi) is 4.50. The first-order valence-corrected chi connectivity index (χ1v) is 3.87. The zero-order valence-corrected chi connectivity index (χ0v) is 8.54. The summed E-state index contributed by atoms with van der Waals surface area (Å²) in [5, 5.41) is 0. The van der Waals surface area contributed by atoms with Gasteiger partial charge in [0.2, 0.25) is 0 Å². The van der Waals surface area contributed by atoms with Gasteiger partial charge in [0, 0.05) is 0 Å². The van der Waals surface area contributed by atoms with Crippen LogP contribution in [-0.4, -0.2) is 24.7 Å². The van der Waals surface area contributed by atoms with Gasteiger partial charge in [-0.25, -0.2) is 0 Å². The summed E-state index contributed by atoms with van der Waals surface area (Å²) in [5.74, 6) is 0. The molecule has 0 N–H and O–H groups in total. The molecule has 1 aromatic rings. The van der Waals surface area contributed by atoms with Gasteiger partial charge in [-0.15, -0.1) is 12.4 Å². The van der Waals surface area contributed by atoms with Crippen LogP contribution >= 0.6 is 12.4 Å². The van der Waals surface area contributed by atoms with Crippen LogP contribution in [0.25, 0.3) is 0 Å². The molecule has 42 valence electrons. The van der Waals surface area contributed by atoms with Gasteiger partial charge in [-0.2, -0.15) is 0 Å². The van der Waals surface area contributed by atoms with Gasteiger partial charge < -0.3 is 0 Å². The summed E-state index contributed by atoms with van der Waals surface area (Å²) in [6, 6.07) is 10.4. The molecule has 0 spiro atoms.